The highest BCUT2D eigenvalue weighted by Crippen LogP contribution is 2.24. The fourth-order valence-electron chi connectivity index (χ4n) is 2.22. The van der Waals surface area contributed by atoms with Crippen molar-refractivity contribution in [3.63, 3.8) is 0 Å². The maximum absolute atomic E-state index is 5.67. The molecule has 20 heavy (non-hydrogen) atoms. The molecule has 0 fully saturated rings. The Balaban J connectivity index is 1.89. The largest absolute Gasteiger partial charge is 0.494 e. The summed E-state index contributed by atoms with van der Waals surface area (Å²) in [5.41, 5.74) is 2.39. The number of nitrogens with one attached hydrogen (secondary N) is 1. The molecule has 1 N–H and O–H groups in total. The molecule has 1 atom stereocenters. The molecule has 0 aliphatic carbocycles. The maximum Gasteiger partial charge on any atom is 0.124 e. The number of aryl methyl sites for hydroxylation is 1. The van der Waals surface area contributed by atoms with E-state index in [9.17, 15) is 0 Å². The summed E-state index contributed by atoms with van der Waals surface area (Å²) >= 11 is 0. The summed E-state index contributed by atoms with van der Waals surface area (Å²) in [5.74, 6) is 0.963. The lowest BCUT2D eigenvalue weighted by atomic mass is 10.1. The van der Waals surface area contributed by atoms with Gasteiger partial charge in [-0.1, -0.05) is 18.2 Å². The molecule has 0 radical (unpaired) electrons. The van der Waals surface area contributed by atoms with Crippen LogP contribution in [0.1, 0.15) is 31.0 Å². The van der Waals surface area contributed by atoms with Crippen molar-refractivity contribution in [1.82, 2.24) is 15.1 Å². The van der Waals surface area contributed by atoms with Gasteiger partial charge in [0.25, 0.3) is 0 Å². The lowest BCUT2D eigenvalue weighted by molar-refractivity contribution is 0.332. The summed E-state index contributed by atoms with van der Waals surface area (Å²) in [6.07, 6.45) is 3.94. The van der Waals surface area contributed by atoms with Gasteiger partial charge in [-0.25, -0.2) is 0 Å². The molecule has 0 aliphatic rings. The molecule has 4 nitrogen and oxygen atoms in total. The van der Waals surface area contributed by atoms with Crippen LogP contribution in [0.25, 0.3) is 0 Å². The third-order valence-electron chi connectivity index (χ3n) is 3.24. The zero-order valence-corrected chi connectivity index (χ0v) is 12.5. The Bertz CT molecular complexity index is 536. The highest BCUT2D eigenvalue weighted by Gasteiger charge is 2.10. The van der Waals surface area contributed by atoms with Crippen molar-refractivity contribution >= 4 is 0 Å². The molecule has 1 aromatic heterocycles. The van der Waals surface area contributed by atoms with Crippen molar-refractivity contribution in [2.75, 3.05) is 13.2 Å². The first-order valence-corrected chi connectivity index (χ1v) is 7.15. The Morgan fingerprint density at radius 3 is 2.85 bits per heavy atom. The first kappa shape index (κ1) is 14.6. The number of rotatable bonds is 7. The molecule has 0 spiro atoms. The third-order valence-corrected chi connectivity index (χ3v) is 3.24. The van der Waals surface area contributed by atoms with E-state index < -0.39 is 0 Å². The Kier molecular flexibility index (Phi) is 5.18. The summed E-state index contributed by atoms with van der Waals surface area (Å²) in [6, 6.07) is 8.45. The topological polar surface area (TPSA) is 39.1 Å². The van der Waals surface area contributed by atoms with Crippen molar-refractivity contribution in [3.8, 4) is 5.75 Å². The molecular weight excluding hydrogens is 250 g/mol. The molecule has 1 heterocycles. The monoisotopic (exact) mass is 273 g/mol. The van der Waals surface area contributed by atoms with E-state index in [2.05, 4.69) is 36.5 Å². The minimum atomic E-state index is 0.259. The predicted molar refractivity (Wildman–Crippen MR) is 81.0 cm³/mol. The average Bonchev–Trinajstić information content (AvgIpc) is 2.85. The maximum atomic E-state index is 5.67. The Hall–Kier alpha value is -1.81. The average molecular weight is 273 g/mol. The van der Waals surface area contributed by atoms with Gasteiger partial charge >= 0.3 is 0 Å². The fraction of sp³-hybridized carbons (Fsp3) is 0.438. The lowest BCUT2D eigenvalue weighted by Gasteiger charge is -2.18. The quantitative estimate of drug-likeness (QED) is 0.843. The summed E-state index contributed by atoms with van der Waals surface area (Å²) in [5, 5.41) is 7.80. The van der Waals surface area contributed by atoms with Crippen LogP contribution in [0.4, 0.5) is 0 Å². The van der Waals surface area contributed by atoms with Crippen LogP contribution in [0.3, 0.4) is 0 Å². The van der Waals surface area contributed by atoms with Crippen LogP contribution < -0.4 is 10.1 Å². The van der Waals surface area contributed by atoms with Crippen LogP contribution in [-0.4, -0.2) is 22.9 Å². The number of ether oxygens (including phenoxy) is 1. The predicted octanol–water partition coefficient (Wildman–Crippen LogP) is 2.94. The minimum absolute atomic E-state index is 0.259. The van der Waals surface area contributed by atoms with Crippen LogP contribution in [-0.2, 0) is 6.54 Å². The van der Waals surface area contributed by atoms with Gasteiger partial charge in [0.2, 0.25) is 0 Å². The SMILES string of the molecule is CCOc1ccccc1C(C)NCCn1cc(C)cn1. The minimum Gasteiger partial charge on any atom is -0.494 e. The molecule has 2 rings (SSSR count). The van der Waals surface area contributed by atoms with E-state index in [1.165, 1.54) is 11.1 Å². The van der Waals surface area contributed by atoms with Crippen molar-refractivity contribution in [3.05, 3.63) is 47.8 Å². The van der Waals surface area contributed by atoms with Crippen LogP contribution in [0, 0.1) is 6.92 Å². The van der Waals surface area contributed by atoms with Crippen molar-refractivity contribution < 1.29 is 4.74 Å². The van der Waals surface area contributed by atoms with Crippen LogP contribution in [0.5, 0.6) is 5.75 Å². The summed E-state index contributed by atoms with van der Waals surface area (Å²) in [4.78, 5) is 0. The number of benzene rings is 1. The molecule has 0 amide bonds. The van der Waals surface area contributed by atoms with E-state index in [1.54, 1.807) is 0 Å². The molecule has 4 heteroatoms. The van der Waals surface area contributed by atoms with Gasteiger partial charge in [-0.2, -0.15) is 5.10 Å². The Labute approximate surface area is 120 Å². The zero-order valence-electron chi connectivity index (χ0n) is 12.5. The van der Waals surface area contributed by atoms with Gasteiger partial charge in [0.15, 0.2) is 0 Å². The number of nitrogens with zero attached hydrogens (tertiary/aromatic N) is 2. The van der Waals surface area contributed by atoms with Gasteiger partial charge in [0.05, 0.1) is 19.3 Å². The van der Waals surface area contributed by atoms with E-state index in [4.69, 9.17) is 4.74 Å². The number of hydrogen-bond acceptors (Lipinski definition) is 3. The van der Waals surface area contributed by atoms with Gasteiger partial charge in [-0.15, -0.1) is 0 Å². The van der Waals surface area contributed by atoms with E-state index in [-0.39, 0.29) is 6.04 Å². The number of aromatic nitrogens is 2. The molecule has 0 bridgehead atoms. The second kappa shape index (κ2) is 7.10. The van der Waals surface area contributed by atoms with Crippen LogP contribution >= 0.6 is 0 Å². The molecule has 0 saturated carbocycles. The summed E-state index contributed by atoms with van der Waals surface area (Å²) in [7, 11) is 0. The highest BCUT2D eigenvalue weighted by atomic mass is 16.5. The Morgan fingerprint density at radius 1 is 1.35 bits per heavy atom. The summed E-state index contributed by atoms with van der Waals surface area (Å²) in [6.45, 7) is 8.66. The van der Waals surface area contributed by atoms with Crippen molar-refractivity contribution in [2.45, 2.75) is 33.4 Å². The van der Waals surface area contributed by atoms with E-state index in [0.29, 0.717) is 6.61 Å². The van der Waals surface area contributed by atoms with E-state index in [1.807, 2.05) is 36.0 Å². The van der Waals surface area contributed by atoms with E-state index in [0.717, 1.165) is 18.8 Å². The number of hydrogen-bond donors (Lipinski definition) is 1. The Morgan fingerprint density at radius 2 is 2.15 bits per heavy atom. The van der Waals surface area contributed by atoms with Gasteiger partial charge in [0.1, 0.15) is 5.75 Å². The van der Waals surface area contributed by atoms with Gasteiger partial charge in [-0.05, 0) is 32.4 Å². The fourth-order valence-corrected chi connectivity index (χ4v) is 2.22. The molecule has 108 valence electrons. The molecular formula is C16H23N3O. The molecule has 1 aromatic carbocycles. The van der Waals surface area contributed by atoms with E-state index >= 15 is 0 Å². The molecule has 1 unspecified atom stereocenters. The smallest absolute Gasteiger partial charge is 0.124 e. The second-order valence-electron chi connectivity index (χ2n) is 4.93. The number of para-hydroxylation sites is 1. The zero-order chi connectivity index (χ0) is 14.4. The van der Waals surface area contributed by atoms with Crippen molar-refractivity contribution in [2.24, 2.45) is 0 Å². The molecule has 2 aromatic rings. The standard InChI is InChI=1S/C16H23N3O/c1-4-20-16-8-6-5-7-15(16)14(3)17-9-10-19-12-13(2)11-18-19/h5-8,11-12,14,17H,4,9-10H2,1-3H3. The summed E-state index contributed by atoms with van der Waals surface area (Å²) < 4.78 is 7.63. The van der Waals surface area contributed by atoms with Gasteiger partial charge in [0, 0.05) is 24.3 Å². The normalized spacial score (nSPS) is 12.3. The lowest BCUT2D eigenvalue weighted by Crippen LogP contribution is -2.24. The van der Waals surface area contributed by atoms with Crippen LogP contribution in [0.2, 0.25) is 0 Å². The molecule has 0 saturated heterocycles. The highest BCUT2D eigenvalue weighted by molar-refractivity contribution is 5.35. The molecule has 0 aliphatic heterocycles. The third kappa shape index (κ3) is 3.84. The van der Waals surface area contributed by atoms with Gasteiger partial charge in [-0.3, -0.25) is 4.68 Å². The van der Waals surface area contributed by atoms with Crippen molar-refractivity contribution in [1.29, 1.82) is 0 Å². The van der Waals surface area contributed by atoms with Gasteiger partial charge < -0.3 is 10.1 Å². The first-order chi connectivity index (χ1) is 9.70. The van der Waals surface area contributed by atoms with Crippen LogP contribution in [0.15, 0.2) is 36.7 Å². The first-order valence-electron chi connectivity index (χ1n) is 7.15. The second-order valence-corrected chi connectivity index (χ2v) is 4.93.